The highest BCUT2D eigenvalue weighted by Gasteiger charge is 2.29. The van der Waals surface area contributed by atoms with Crippen LogP contribution < -0.4 is 11.1 Å². The van der Waals surface area contributed by atoms with Crippen molar-refractivity contribution >= 4 is 35.3 Å². The lowest BCUT2D eigenvalue weighted by atomic mass is 9.98. The minimum Gasteiger partial charge on any atom is -0.449 e. The maximum absolute atomic E-state index is 13.1. The maximum Gasteiger partial charge on any atom is 0.407 e. The molecule has 0 saturated heterocycles. The number of nitrogen functional groups attached to an aromatic ring is 1. The molecule has 9 heteroatoms. The van der Waals surface area contributed by atoms with Crippen LogP contribution in [-0.2, 0) is 17.9 Å². The number of hydrogen-bond donors (Lipinski definition) is 3. The van der Waals surface area contributed by atoms with Crippen molar-refractivity contribution in [3.63, 3.8) is 0 Å². The number of anilines is 1. The molecule has 42 heavy (non-hydrogen) atoms. The van der Waals surface area contributed by atoms with Crippen LogP contribution in [0, 0.1) is 0 Å². The summed E-state index contributed by atoms with van der Waals surface area (Å²) in [7, 11) is 0. The van der Waals surface area contributed by atoms with Gasteiger partial charge in [0.15, 0.2) is 0 Å². The Morgan fingerprint density at radius 3 is 2.36 bits per heavy atom. The Morgan fingerprint density at radius 1 is 0.929 bits per heavy atom. The molecule has 1 aliphatic rings. The van der Waals surface area contributed by atoms with E-state index >= 15 is 0 Å². The third-order valence-corrected chi connectivity index (χ3v) is 8.94. The second-order valence-electron chi connectivity index (χ2n) is 9.78. The van der Waals surface area contributed by atoms with Crippen LogP contribution >= 0.6 is 23.4 Å². The van der Waals surface area contributed by atoms with E-state index in [2.05, 4.69) is 39.6 Å². The van der Waals surface area contributed by atoms with Crippen molar-refractivity contribution in [1.29, 1.82) is 0 Å². The summed E-state index contributed by atoms with van der Waals surface area (Å²) in [4.78, 5) is 22.5. The number of fused-ring (bicyclic) bond motifs is 3. The van der Waals surface area contributed by atoms with Gasteiger partial charge in [-0.1, -0.05) is 84.0 Å². The fourth-order valence-electron chi connectivity index (χ4n) is 5.26. The summed E-state index contributed by atoms with van der Waals surface area (Å²) < 4.78 is 5.78. The van der Waals surface area contributed by atoms with E-state index in [1.165, 1.54) is 22.9 Å². The highest BCUT2D eigenvalue weighted by atomic mass is 35.5. The number of hydrogen-bond acceptors (Lipinski definition) is 7. The number of ether oxygens (including phenoxy) is 1. The van der Waals surface area contributed by atoms with Gasteiger partial charge in [-0.25, -0.2) is 14.8 Å². The molecular formula is C33H27ClN4O3S. The third-order valence-electron chi connectivity index (χ3n) is 7.28. The number of aliphatic hydroxyl groups excluding tert-OH is 1. The quantitative estimate of drug-likeness (QED) is 0.176. The van der Waals surface area contributed by atoms with E-state index in [1.807, 2.05) is 42.5 Å². The van der Waals surface area contributed by atoms with E-state index in [4.69, 9.17) is 22.1 Å². The first-order valence-electron chi connectivity index (χ1n) is 13.4. The van der Waals surface area contributed by atoms with E-state index in [0.29, 0.717) is 26.3 Å². The van der Waals surface area contributed by atoms with Gasteiger partial charge in [-0.05, 0) is 57.6 Å². The van der Waals surface area contributed by atoms with E-state index in [0.717, 1.165) is 27.8 Å². The number of nitrogens with one attached hydrogen (secondary N) is 1. The highest BCUT2D eigenvalue weighted by Crippen LogP contribution is 2.45. The van der Waals surface area contributed by atoms with Crippen LogP contribution in [0.3, 0.4) is 0 Å². The average Bonchev–Trinajstić information content (AvgIpc) is 3.34. The Kier molecular flexibility index (Phi) is 8.10. The number of carbonyl (C=O) groups excluding carboxylic acids is 1. The zero-order valence-corrected chi connectivity index (χ0v) is 24.0. The van der Waals surface area contributed by atoms with Crippen LogP contribution in [0.4, 0.5) is 10.6 Å². The molecule has 5 aromatic rings. The predicted molar refractivity (Wildman–Crippen MR) is 165 cm³/mol. The molecule has 1 aliphatic carbocycles. The SMILES string of the molecule is Nc1ccc(-c2ccc(Cl)c(Sc3ncccc3CO)c2CNC(=O)OCC2c3ccccc3-c3ccccc32)cn1. The minimum atomic E-state index is -0.539. The Balaban J connectivity index is 1.26. The van der Waals surface area contributed by atoms with Gasteiger partial charge in [0.1, 0.15) is 17.5 Å². The molecule has 210 valence electrons. The summed E-state index contributed by atoms with van der Waals surface area (Å²) in [6, 6.07) is 27.3. The van der Waals surface area contributed by atoms with Gasteiger partial charge in [0, 0.05) is 40.9 Å². The number of rotatable bonds is 8. The molecule has 0 spiro atoms. The fourth-order valence-corrected chi connectivity index (χ4v) is 6.60. The molecule has 0 bridgehead atoms. The number of nitrogens with zero attached hydrogens (tertiary/aromatic N) is 2. The minimum absolute atomic E-state index is 0.0436. The molecule has 2 heterocycles. The molecule has 7 nitrogen and oxygen atoms in total. The molecule has 0 saturated carbocycles. The topological polar surface area (TPSA) is 110 Å². The van der Waals surface area contributed by atoms with Crippen LogP contribution in [0.15, 0.2) is 107 Å². The Morgan fingerprint density at radius 2 is 1.67 bits per heavy atom. The van der Waals surface area contributed by atoms with E-state index in [9.17, 15) is 9.90 Å². The van der Waals surface area contributed by atoms with Crippen molar-refractivity contribution < 1.29 is 14.6 Å². The molecule has 0 aliphatic heterocycles. The molecule has 0 atom stereocenters. The van der Waals surface area contributed by atoms with Crippen molar-refractivity contribution in [3.8, 4) is 22.3 Å². The van der Waals surface area contributed by atoms with Gasteiger partial charge in [-0.15, -0.1) is 0 Å². The first kappa shape index (κ1) is 27.8. The number of nitrogens with two attached hydrogens (primary N) is 1. The zero-order valence-electron chi connectivity index (χ0n) is 22.5. The smallest absolute Gasteiger partial charge is 0.407 e. The van der Waals surface area contributed by atoms with Gasteiger partial charge in [-0.2, -0.15) is 0 Å². The van der Waals surface area contributed by atoms with Crippen molar-refractivity contribution in [1.82, 2.24) is 15.3 Å². The number of aliphatic hydroxyl groups is 1. The second-order valence-corrected chi connectivity index (χ2v) is 11.2. The number of amides is 1. The summed E-state index contributed by atoms with van der Waals surface area (Å²) in [6.07, 6.45) is 2.81. The number of alkyl carbamates (subject to hydrolysis) is 1. The van der Waals surface area contributed by atoms with E-state index in [1.54, 1.807) is 30.6 Å². The molecule has 0 radical (unpaired) electrons. The van der Waals surface area contributed by atoms with Crippen molar-refractivity contribution in [2.24, 2.45) is 0 Å². The third kappa shape index (κ3) is 5.56. The van der Waals surface area contributed by atoms with Gasteiger partial charge in [0.2, 0.25) is 0 Å². The lowest BCUT2D eigenvalue weighted by Crippen LogP contribution is -2.26. The zero-order chi connectivity index (χ0) is 29.1. The Labute approximate surface area is 252 Å². The summed E-state index contributed by atoms with van der Waals surface area (Å²) >= 11 is 8.06. The lowest BCUT2D eigenvalue weighted by molar-refractivity contribution is 0.142. The van der Waals surface area contributed by atoms with E-state index in [-0.39, 0.29) is 25.7 Å². The fraction of sp³-hybridized carbons (Fsp3) is 0.121. The molecule has 2 aromatic heterocycles. The van der Waals surface area contributed by atoms with Crippen LogP contribution in [0.2, 0.25) is 5.02 Å². The van der Waals surface area contributed by atoms with Crippen LogP contribution in [-0.4, -0.2) is 27.8 Å². The van der Waals surface area contributed by atoms with Gasteiger partial charge < -0.3 is 20.9 Å². The number of benzene rings is 3. The maximum atomic E-state index is 13.1. The van der Waals surface area contributed by atoms with Gasteiger partial charge >= 0.3 is 6.09 Å². The first-order valence-corrected chi connectivity index (χ1v) is 14.6. The molecular weight excluding hydrogens is 568 g/mol. The van der Waals surface area contributed by atoms with Crippen molar-refractivity contribution in [2.75, 3.05) is 12.3 Å². The van der Waals surface area contributed by atoms with E-state index < -0.39 is 6.09 Å². The number of pyridine rings is 2. The monoisotopic (exact) mass is 594 g/mol. The number of aromatic nitrogens is 2. The first-order chi connectivity index (χ1) is 20.5. The normalized spacial score (nSPS) is 12.0. The Hall–Kier alpha value is -4.37. The molecule has 6 rings (SSSR count). The number of halogens is 1. The molecule has 0 fully saturated rings. The standard InChI is InChI=1S/C33H27ClN4O3S/c34-29-13-12-22(20-11-14-30(35)37-16-20)27(31(29)42-32-21(18-39)6-5-15-36-32)17-38-33(40)41-19-28-25-9-3-1-7-23(25)24-8-2-4-10-26(24)28/h1-16,28,39H,17-19H2,(H2,35,37)(H,38,40). The predicted octanol–water partition coefficient (Wildman–Crippen LogP) is 7.06. The van der Waals surface area contributed by atoms with Gasteiger partial charge in [-0.3, -0.25) is 0 Å². The summed E-state index contributed by atoms with van der Waals surface area (Å²) in [5.41, 5.74) is 13.5. The molecule has 3 aromatic carbocycles. The average molecular weight is 595 g/mol. The molecule has 1 amide bonds. The molecule has 0 unspecified atom stereocenters. The van der Waals surface area contributed by atoms with Gasteiger partial charge in [0.05, 0.1) is 11.6 Å². The van der Waals surface area contributed by atoms with Crippen LogP contribution in [0.5, 0.6) is 0 Å². The van der Waals surface area contributed by atoms with Gasteiger partial charge in [0.25, 0.3) is 0 Å². The summed E-state index contributed by atoms with van der Waals surface area (Å²) in [6.45, 7) is 0.183. The van der Waals surface area contributed by atoms with Crippen molar-refractivity contribution in [2.45, 2.75) is 29.0 Å². The van der Waals surface area contributed by atoms with Crippen LogP contribution in [0.1, 0.15) is 28.2 Å². The Bertz CT molecular complexity index is 1720. The number of carbonyl (C=O) groups is 1. The van der Waals surface area contributed by atoms with Crippen molar-refractivity contribution in [3.05, 3.63) is 125 Å². The summed E-state index contributed by atoms with van der Waals surface area (Å²) in [5, 5.41) is 13.9. The molecule has 4 N–H and O–H groups in total. The highest BCUT2D eigenvalue weighted by molar-refractivity contribution is 7.99. The second kappa shape index (κ2) is 12.2. The lowest BCUT2D eigenvalue weighted by Gasteiger charge is -2.18. The summed E-state index contributed by atoms with van der Waals surface area (Å²) in [5.74, 6) is 0.361. The largest absolute Gasteiger partial charge is 0.449 e. The van der Waals surface area contributed by atoms with Crippen LogP contribution in [0.25, 0.3) is 22.3 Å².